The maximum absolute atomic E-state index is 11.7. The molecule has 0 bridgehead atoms. The Labute approximate surface area is 105 Å². The van der Waals surface area contributed by atoms with Crippen molar-refractivity contribution in [1.82, 2.24) is 4.90 Å². The van der Waals surface area contributed by atoms with Crippen LogP contribution in [0.5, 0.6) is 0 Å². The molecular formula is C13H14N2OS. The number of nitrogens with zero attached hydrogens (tertiary/aromatic N) is 1. The molecule has 1 aliphatic rings. The molecule has 3 nitrogen and oxygen atoms in total. The lowest BCUT2D eigenvalue weighted by Crippen LogP contribution is -2.24. The van der Waals surface area contributed by atoms with E-state index in [9.17, 15) is 4.79 Å². The zero-order chi connectivity index (χ0) is 12.1. The molecule has 0 radical (unpaired) electrons. The van der Waals surface area contributed by atoms with E-state index in [-0.39, 0.29) is 5.91 Å². The summed E-state index contributed by atoms with van der Waals surface area (Å²) in [4.78, 5) is 14.2. The fourth-order valence-corrected chi connectivity index (χ4v) is 2.44. The van der Waals surface area contributed by atoms with E-state index in [0.29, 0.717) is 4.91 Å². The van der Waals surface area contributed by atoms with Crippen molar-refractivity contribution in [1.29, 1.82) is 0 Å². The van der Waals surface area contributed by atoms with Crippen LogP contribution in [0, 0.1) is 0 Å². The number of anilines is 1. The first-order valence-electron chi connectivity index (χ1n) is 5.50. The summed E-state index contributed by atoms with van der Waals surface area (Å²) in [7, 11) is 0. The summed E-state index contributed by atoms with van der Waals surface area (Å²) in [5, 5.41) is 3.08. The minimum absolute atomic E-state index is 0.0728. The van der Waals surface area contributed by atoms with E-state index in [1.54, 1.807) is 11.1 Å². The molecule has 0 unspecified atom stereocenters. The Morgan fingerprint density at radius 3 is 2.88 bits per heavy atom. The summed E-state index contributed by atoms with van der Waals surface area (Å²) in [6.07, 6.45) is 1.69. The van der Waals surface area contributed by atoms with Gasteiger partial charge in [0.15, 0.2) is 0 Å². The molecule has 2 rings (SSSR count). The summed E-state index contributed by atoms with van der Waals surface area (Å²) in [5.41, 5.74) is 3.99. The lowest BCUT2D eigenvalue weighted by atomic mass is 10.3. The number of benzene rings is 1. The lowest BCUT2D eigenvalue weighted by Gasteiger charge is -2.08. The highest BCUT2D eigenvalue weighted by Crippen LogP contribution is 2.26. The molecule has 1 heterocycles. The maximum Gasteiger partial charge on any atom is 0.268 e. The first-order chi connectivity index (χ1) is 8.31. The van der Waals surface area contributed by atoms with Crippen LogP contribution in [-0.2, 0) is 4.79 Å². The topological polar surface area (TPSA) is 32.3 Å². The summed E-state index contributed by atoms with van der Waals surface area (Å²) in [6.45, 7) is 2.73. The molecule has 0 spiro atoms. The molecule has 88 valence electrons. The number of hydrogen-bond acceptors (Lipinski definition) is 3. The lowest BCUT2D eigenvalue weighted by molar-refractivity contribution is -0.124. The highest BCUT2D eigenvalue weighted by atomic mass is 32.2. The van der Waals surface area contributed by atoms with E-state index in [1.165, 1.54) is 11.8 Å². The number of likely N-dealkylation sites (N-methyl/N-ethyl adjacent to an activating group) is 1. The Morgan fingerprint density at radius 1 is 1.47 bits per heavy atom. The fourth-order valence-electron chi connectivity index (χ4n) is 1.46. The van der Waals surface area contributed by atoms with Gasteiger partial charge in [-0.15, -0.1) is 0 Å². The minimum atomic E-state index is 0.0728. The Kier molecular flexibility index (Phi) is 3.91. The number of para-hydroxylation sites is 1. The largest absolute Gasteiger partial charge is 0.355 e. The van der Waals surface area contributed by atoms with Gasteiger partial charge in [-0.05, 0) is 19.1 Å². The summed E-state index contributed by atoms with van der Waals surface area (Å²) in [6, 6.07) is 9.80. The maximum atomic E-state index is 11.7. The molecule has 1 aliphatic heterocycles. The number of carbonyl (C=O) groups is 1. The van der Waals surface area contributed by atoms with Gasteiger partial charge in [0.25, 0.3) is 5.91 Å². The van der Waals surface area contributed by atoms with Gasteiger partial charge in [0.2, 0.25) is 0 Å². The van der Waals surface area contributed by atoms with Crippen molar-refractivity contribution in [2.24, 2.45) is 0 Å². The molecule has 1 fully saturated rings. The van der Waals surface area contributed by atoms with Crippen LogP contribution in [0.15, 0.2) is 47.2 Å². The third-order valence-corrected chi connectivity index (χ3v) is 3.47. The van der Waals surface area contributed by atoms with Crippen LogP contribution in [0.25, 0.3) is 0 Å². The summed E-state index contributed by atoms with van der Waals surface area (Å²) >= 11 is 1.53. The molecule has 4 heteroatoms. The second-order valence-corrected chi connectivity index (χ2v) is 4.52. The molecule has 1 N–H and O–H groups in total. The fraction of sp³-hybridized carbons (Fsp3) is 0.231. The summed E-state index contributed by atoms with van der Waals surface area (Å²) < 4.78 is 0. The monoisotopic (exact) mass is 246 g/mol. The predicted molar refractivity (Wildman–Crippen MR) is 71.5 cm³/mol. The van der Waals surface area contributed by atoms with Crippen molar-refractivity contribution >= 4 is 23.4 Å². The second kappa shape index (κ2) is 5.62. The Hall–Kier alpha value is -1.64. The number of nitrogens with one attached hydrogen (secondary N) is 1. The van der Waals surface area contributed by atoms with Crippen LogP contribution >= 0.6 is 11.8 Å². The zero-order valence-electron chi connectivity index (χ0n) is 9.64. The van der Waals surface area contributed by atoms with Crippen molar-refractivity contribution in [2.75, 3.05) is 17.7 Å². The third kappa shape index (κ3) is 2.93. The molecule has 0 saturated carbocycles. The van der Waals surface area contributed by atoms with Crippen molar-refractivity contribution in [2.45, 2.75) is 6.92 Å². The quantitative estimate of drug-likeness (QED) is 0.657. The average molecular weight is 246 g/mol. The average Bonchev–Trinajstić information content (AvgIpc) is 2.72. The van der Waals surface area contributed by atoms with E-state index >= 15 is 0 Å². The molecule has 17 heavy (non-hydrogen) atoms. The number of thioether (sulfide) groups is 1. The van der Waals surface area contributed by atoms with E-state index in [0.717, 1.165) is 18.1 Å². The van der Waals surface area contributed by atoms with Crippen LogP contribution in [0.4, 0.5) is 5.69 Å². The Morgan fingerprint density at radius 2 is 2.24 bits per heavy atom. The zero-order valence-corrected chi connectivity index (χ0v) is 10.5. The first-order valence-corrected chi connectivity index (χ1v) is 6.48. The molecule has 0 atom stereocenters. The van der Waals surface area contributed by atoms with Gasteiger partial charge in [-0.25, -0.2) is 0 Å². The highest BCUT2D eigenvalue weighted by molar-refractivity contribution is 8.04. The van der Waals surface area contributed by atoms with Gasteiger partial charge >= 0.3 is 0 Å². The van der Waals surface area contributed by atoms with Gasteiger partial charge in [-0.1, -0.05) is 35.7 Å². The standard InChI is InChI=1S/C13H14N2OS/c1-2-15-10-17-12(13(15)16)8-9-14-11-6-4-3-5-7-11/h3-7,9,14H,2,10H2,1H3. The Balaban J connectivity index is 2.03. The van der Waals surface area contributed by atoms with Gasteiger partial charge in [-0.3, -0.25) is 4.79 Å². The SMILES string of the molecule is CCN1CSC(=C=CNc2ccccc2)C1=O. The number of carbonyl (C=O) groups excluding carboxylic acids is 1. The Bertz CT molecular complexity index is 464. The number of hydrogen-bond donors (Lipinski definition) is 1. The molecular weight excluding hydrogens is 232 g/mol. The second-order valence-electron chi connectivity index (χ2n) is 3.56. The van der Waals surface area contributed by atoms with Gasteiger partial charge in [0.05, 0.1) is 5.88 Å². The van der Waals surface area contributed by atoms with Crippen LogP contribution in [-0.4, -0.2) is 23.2 Å². The molecule has 1 aromatic carbocycles. The van der Waals surface area contributed by atoms with Crippen molar-refractivity contribution in [3.05, 3.63) is 47.2 Å². The van der Waals surface area contributed by atoms with Gasteiger partial charge in [-0.2, -0.15) is 0 Å². The smallest absolute Gasteiger partial charge is 0.268 e. The molecule has 0 aliphatic carbocycles. The van der Waals surface area contributed by atoms with E-state index in [1.807, 2.05) is 37.3 Å². The van der Waals surface area contributed by atoms with E-state index in [2.05, 4.69) is 11.0 Å². The predicted octanol–water partition coefficient (Wildman–Crippen LogP) is 2.65. The molecule has 1 amide bonds. The van der Waals surface area contributed by atoms with E-state index < -0.39 is 0 Å². The molecule has 1 saturated heterocycles. The normalized spacial score (nSPS) is 14.8. The third-order valence-electron chi connectivity index (χ3n) is 2.44. The van der Waals surface area contributed by atoms with Crippen LogP contribution in [0.2, 0.25) is 0 Å². The van der Waals surface area contributed by atoms with E-state index in [4.69, 9.17) is 0 Å². The van der Waals surface area contributed by atoms with Crippen molar-refractivity contribution in [3.8, 4) is 0 Å². The number of rotatable bonds is 3. The van der Waals surface area contributed by atoms with Crippen molar-refractivity contribution < 1.29 is 4.79 Å². The van der Waals surface area contributed by atoms with Gasteiger partial charge in [0.1, 0.15) is 4.91 Å². The minimum Gasteiger partial charge on any atom is -0.355 e. The molecule has 0 aromatic heterocycles. The highest BCUT2D eigenvalue weighted by Gasteiger charge is 2.24. The van der Waals surface area contributed by atoms with Crippen molar-refractivity contribution in [3.63, 3.8) is 0 Å². The van der Waals surface area contributed by atoms with Crippen LogP contribution < -0.4 is 5.32 Å². The molecule has 1 aromatic rings. The summed E-state index contributed by atoms with van der Waals surface area (Å²) in [5.74, 6) is 0.806. The van der Waals surface area contributed by atoms with Crippen LogP contribution in [0.1, 0.15) is 6.92 Å². The van der Waals surface area contributed by atoms with Crippen LogP contribution in [0.3, 0.4) is 0 Å². The first kappa shape index (κ1) is 11.8. The van der Waals surface area contributed by atoms with Gasteiger partial charge in [0, 0.05) is 18.4 Å². The van der Waals surface area contributed by atoms with Gasteiger partial charge < -0.3 is 10.2 Å². The number of amides is 1.